The van der Waals surface area contributed by atoms with Crippen LogP contribution in [0.25, 0.3) is 0 Å². The second-order valence-corrected chi connectivity index (χ2v) is 8.00. The van der Waals surface area contributed by atoms with E-state index in [1.54, 1.807) is 17.9 Å². The van der Waals surface area contributed by atoms with Gasteiger partial charge in [0.25, 0.3) is 5.91 Å². The smallest absolute Gasteiger partial charge is 0.254 e. The molecule has 0 bridgehead atoms. The molecule has 3 heterocycles. The maximum atomic E-state index is 12.0. The fourth-order valence-electron chi connectivity index (χ4n) is 3.87. The number of primary amides is 1. The van der Waals surface area contributed by atoms with Gasteiger partial charge in [0.15, 0.2) is 0 Å². The first-order valence-electron chi connectivity index (χ1n) is 10.6. The molecule has 11 heteroatoms. The molecule has 1 amide bonds. The fraction of sp³-hybridized carbons (Fsp3) is 0.364. The molecule has 1 aliphatic rings. The SMILES string of the molecule is COc1cc2c(cc1Nc1ncc(C(N)=O)c(Nc3cc(C)nn3CCO)n1)CN(C)CC2. The second-order valence-electron chi connectivity index (χ2n) is 8.00. The Hall–Kier alpha value is -3.70. The van der Waals surface area contributed by atoms with Crippen LogP contribution >= 0.6 is 0 Å². The number of ether oxygens (including phenoxy) is 1. The predicted molar refractivity (Wildman–Crippen MR) is 124 cm³/mol. The lowest BCUT2D eigenvalue weighted by molar-refractivity contribution is 0.100. The summed E-state index contributed by atoms with van der Waals surface area (Å²) in [6.45, 7) is 3.89. The number of aliphatic hydroxyl groups is 1. The molecule has 5 N–H and O–H groups in total. The molecule has 0 atom stereocenters. The molecule has 33 heavy (non-hydrogen) atoms. The minimum Gasteiger partial charge on any atom is -0.495 e. The van der Waals surface area contributed by atoms with E-state index in [-0.39, 0.29) is 23.9 Å². The molecule has 0 fully saturated rings. The van der Waals surface area contributed by atoms with Crippen LogP contribution in [0.4, 0.5) is 23.3 Å². The number of nitrogens with zero attached hydrogens (tertiary/aromatic N) is 5. The van der Waals surface area contributed by atoms with E-state index >= 15 is 0 Å². The van der Waals surface area contributed by atoms with Gasteiger partial charge >= 0.3 is 0 Å². The number of aromatic nitrogens is 4. The predicted octanol–water partition coefficient (Wildman–Crippen LogP) is 1.56. The number of aliphatic hydroxyl groups excluding tert-OH is 1. The molecule has 0 aliphatic carbocycles. The van der Waals surface area contributed by atoms with Gasteiger partial charge in [0.05, 0.1) is 31.6 Å². The van der Waals surface area contributed by atoms with Crippen LogP contribution in [0.1, 0.15) is 27.2 Å². The van der Waals surface area contributed by atoms with Crippen molar-refractivity contribution in [2.75, 3.05) is 37.9 Å². The van der Waals surface area contributed by atoms with Crippen molar-refractivity contribution >= 4 is 29.2 Å². The second kappa shape index (κ2) is 9.43. The van der Waals surface area contributed by atoms with Gasteiger partial charge in [0.2, 0.25) is 5.95 Å². The summed E-state index contributed by atoms with van der Waals surface area (Å²) in [6, 6.07) is 5.87. The molecule has 0 saturated carbocycles. The van der Waals surface area contributed by atoms with Crippen molar-refractivity contribution in [3.8, 4) is 5.75 Å². The van der Waals surface area contributed by atoms with Crippen molar-refractivity contribution in [3.05, 3.63) is 46.8 Å². The van der Waals surface area contributed by atoms with Crippen LogP contribution in [0.15, 0.2) is 24.4 Å². The quantitative estimate of drug-likeness (QED) is 0.400. The van der Waals surface area contributed by atoms with E-state index in [9.17, 15) is 9.90 Å². The third-order valence-corrected chi connectivity index (χ3v) is 5.49. The topological polar surface area (TPSA) is 143 Å². The lowest BCUT2D eigenvalue weighted by atomic mass is 9.99. The third-order valence-electron chi connectivity index (χ3n) is 5.49. The molecule has 0 spiro atoms. The van der Waals surface area contributed by atoms with Crippen molar-refractivity contribution in [1.29, 1.82) is 0 Å². The van der Waals surface area contributed by atoms with E-state index < -0.39 is 5.91 Å². The number of benzene rings is 1. The molecule has 3 aromatic rings. The minimum atomic E-state index is -0.664. The Morgan fingerprint density at radius 2 is 2.09 bits per heavy atom. The fourth-order valence-corrected chi connectivity index (χ4v) is 3.87. The zero-order valence-electron chi connectivity index (χ0n) is 18.9. The number of aryl methyl sites for hydroxylation is 1. The molecular formula is C22H28N8O3. The molecule has 0 unspecified atom stereocenters. The summed E-state index contributed by atoms with van der Waals surface area (Å²) in [5.74, 6) is 1.10. The largest absolute Gasteiger partial charge is 0.495 e. The Morgan fingerprint density at radius 1 is 1.27 bits per heavy atom. The third kappa shape index (κ3) is 4.89. The van der Waals surface area contributed by atoms with E-state index in [4.69, 9.17) is 10.5 Å². The Bertz CT molecular complexity index is 1180. The van der Waals surface area contributed by atoms with Gasteiger partial charge in [0, 0.05) is 25.4 Å². The van der Waals surface area contributed by atoms with Gasteiger partial charge in [-0.25, -0.2) is 9.67 Å². The standard InChI is InChI=1S/C22H28N8O3/c1-13-8-19(30(28-13)6-7-31)26-21-16(20(23)32)11-24-22(27-21)25-17-9-15-12-29(2)5-4-14(15)10-18(17)33-3/h8-11,31H,4-7,12H2,1-3H3,(H2,23,32)(H2,24,25,26,27). The number of fused-ring (bicyclic) bond motifs is 1. The lowest BCUT2D eigenvalue weighted by Crippen LogP contribution is -2.26. The number of likely N-dealkylation sites (N-methyl/N-ethyl adjacent to an activating group) is 1. The van der Waals surface area contributed by atoms with Crippen molar-refractivity contribution in [2.24, 2.45) is 5.73 Å². The molecule has 1 aromatic carbocycles. The number of nitrogens with two attached hydrogens (primary N) is 1. The average molecular weight is 453 g/mol. The maximum absolute atomic E-state index is 12.0. The summed E-state index contributed by atoms with van der Waals surface area (Å²) < 4.78 is 7.18. The minimum absolute atomic E-state index is 0.0810. The first-order valence-corrected chi connectivity index (χ1v) is 10.6. The van der Waals surface area contributed by atoms with Gasteiger partial charge in [-0.05, 0) is 43.7 Å². The summed E-state index contributed by atoms with van der Waals surface area (Å²) in [5, 5.41) is 19.9. The van der Waals surface area contributed by atoms with Gasteiger partial charge in [-0.15, -0.1) is 0 Å². The molecule has 174 valence electrons. The Kier molecular flexibility index (Phi) is 6.43. The first-order chi connectivity index (χ1) is 15.9. The summed E-state index contributed by atoms with van der Waals surface area (Å²) in [4.78, 5) is 23.0. The lowest BCUT2D eigenvalue weighted by Gasteiger charge is -2.26. The number of anilines is 4. The Balaban J connectivity index is 1.67. The van der Waals surface area contributed by atoms with Crippen molar-refractivity contribution < 1.29 is 14.6 Å². The molecule has 2 aromatic heterocycles. The molecule has 4 rings (SSSR count). The first kappa shape index (κ1) is 22.5. The van der Waals surface area contributed by atoms with Gasteiger partial charge in [-0.2, -0.15) is 10.1 Å². The summed E-state index contributed by atoms with van der Waals surface area (Å²) >= 11 is 0. The average Bonchev–Trinajstić information content (AvgIpc) is 3.12. The van der Waals surface area contributed by atoms with Crippen LogP contribution in [0.2, 0.25) is 0 Å². The van der Waals surface area contributed by atoms with Crippen LogP contribution in [-0.4, -0.2) is 63.0 Å². The Labute approximate surface area is 191 Å². The van der Waals surface area contributed by atoms with Crippen LogP contribution < -0.4 is 21.1 Å². The Morgan fingerprint density at radius 3 is 2.82 bits per heavy atom. The number of hydrogen-bond acceptors (Lipinski definition) is 9. The normalized spacial score (nSPS) is 13.5. The molecule has 11 nitrogen and oxygen atoms in total. The maximum Gasteiger partial charge on any atom is 0.254 e. The number of rotatable bonds is 8. The number of carbonyl (C=O) groups excluding carboxylic acids is 1. The summed E-state index contributed by atoms with van der Waals surface area (Å²) in [7, 11) is 3.71. The highest BCUT2D eigenvalue weighted by atomic mass is 16.5. The highest BCUT2D eigenvalue weighted by Gasteiger charge is 2.19. The van der Waals surface area contributed by atoms with Gasteiger partial charge in [-0.3, -0.25) is 4.79 Å². The van der Waals surface area contributed by atoms with E-state index in [2.05, 4.69) is 37.6 Å². The molecule has 1 aliphatic heterocycles. The van der Waals surface area contributed by atoms with E-state index in [0.29, 0.717) is 18.1 Å². The zero-order chi connectivity index (χ0) is 23.5. The number of hydrogen-bond donors (Lipinski definition) is 4. The zero-order valence-corrected chi connectivity index (χ0v) is 18.9. The number of methoxy groups -OCH3 is 1. The molecule has 0 saturated heterocycles. The highest BCUT2D eigenvalue weighted by molar-refractivity contribution is 5.98. The highest BCUT2D eigenvalue weighted by Crippen LogP contribution is 2.33. The number of carbonyl (C=O) groups is 1. The number of amides is 1. The van der Waals surface area contributed by atoms with E-state index in [1.165, 1.54) is 17.3 Å². The van der Waals surface area contributed by atoms with Crippen LogP contribution in [0.3, 0.4) is 0 Å². The monoisotopic (exact) mass is 452 g/mol. The number of nitrogens with one attached hydrogen (secondary N) is 2. The summed E-state index contributed by atoms with van der Waals surface area (Å²) in [6.07, 6.45) is 2.33. The van der Waals surface area contributed by atoms with E-state index in [0.717, 1.165) is 30.9 Å². The van der Waals surface area contributed by atoms with Crippen LogP contribution in [0.5, 0.6) is 5.75 Å². The van der Waals surface area contributed by atoms with Gasteiger partial charge in [-0.1, -0.05) is 0 Å². The van der Waals surface area contributed by atoms with Crippen LogP contribution in [-0.2, 0) is 19.5 Å². The van der Waals surface area contributed by atoms with Gasteiger partial charge in [0.1, 0.15) is 22.9 Å². The molecular weight excluding hydrogens is 424 g/mol. The van der Waals surface area contributed by atoms with Crippen LogP contribution in [0, 0.1) is 6.92 Å². The van der Waals surface area contributed by atoms with Gasteiger partial charge < -0.3 is 31.1 Å². The van der Waals surface area contributed by atoms with Crippen molar-refractivity contribution in [2.45, 2.75) is 26.4 Å². The van der Waals surface area contributed by atoms with E-state index in [1.807, 2.05) is 19.1 Å². The van der Waals surface area contributed by atoms with Crippen molar-refractivity contribution in [3.63, 3.8) is 0 Å². The molecule has 0 radical (unpaired) electrons. The van der Waals surface area contributed by atoms with Crippen molar-refractivity contribution in [1.82, 2.24) is 24.6 Å². The summed E-state index contributed by atoms with van der Waals surface area (Å²) in [5.41, 5.74) is 9.62.